The van der Waals surface area contributed by atoms with E-state index in [2.05, 4.69) is 41.5 Å². The highest BCUT2D eigenvalue weighted by Crippen LogP contribution is 2.45. The molecule has 0 fully saturated rings. The SMILES string of the molecule is CCCCCCCCCCCCCCCCCCCCC(=O)O[C@H](COC(=O)CCCCCCCCCCCCCCCCC(C)C)COP(=O)(O)OC[C@@H](O)COP(=O)(O)OC[C@@H](COC(=O)CCCCCCCCC(C)C)OC(=O)CCCCCCCCCCCCCCCCCCC. The fraction of sp³-hybridized carbons (Fsp3) is 0.951. The van der Waals surface area contributed by atoms with Gasteiger partial charge in [0.2, 0.25) is 0 Å². The summed E-state index contributed by atoms with van der Waals surface area (Å²) in [4.78, 5) is 73.0. The van der Waals surface area contributed by atoms with Crippen molar-refractivity contribution >= 4 is 39.5 Å². The van der Waals surface area contributed by atoms with Crippen LogP contribution in [0.25, 0.3) is 0 Å². The van der Waals surface area contributed by atoms with Crippen molar-refractivity contribution < 1.29 is 80.2 Å². The average Bonchev–Trinajstić information content (AvgIpc) is 0.919. The van der Waals surface area contributed by atoms with Crippen molar-refractivity contribution in [2.45, 2.75) is 452 Å². The Bertz CT molecular complexity index is 1940. The Kier molecular flexibility index (Phi) is 72.2. The molecule has 0 spiro atoms. The quantitative estimate of drug-likeness (QED) is 0.0222. The number of aliphatic hydroxyl groups excluding tert-OH is 1. The van der Waals surface area contributed by atoms with E-state index in [0.29, 0.717) is 31.6 Å². The molecule has 0 rings (SSSR count). The molecule has 2 unspecified atom stereocenters. The second-order valence-electron chi connectivity index (χ2n) is 30.5. The van der Waals surface area contributed by atoms with E-state index in [1.54, 1.807) is 0 Å². The molecular weight excluding hydrogens is 1320 g/mol. The number of ether oxygens (including phenoxy) is 4. The number of aliphatic hydroxyl groups is 1. The molecular formula is C82H160O17P2. The second-order valence-corrected chi connectivity index (χ2v) is 33.4. The van der Waals surface area contributed by atoms with E-state index in [0.717, 1.165) is 102 Å². The lowest BCUT2D eigenvalue weighted by Gasteiger charge is -2.21. The minimum atomic E-state index is -4.96. The van der Waals surface area contributed by atoms with E-state index >= 15 is 0 Å². The minimum Gasteiger partial charge on any atom is -0.462 e. The summed E-state index contributed by atoms with van der Waals surface area (Å²) in [5.41, 5.74) is 0. The van der Waals surface area contributed by atoms with E-state index in [1.807, 2.05) is 0 Å². The van der Waals surface area contributed by atoms with Crippen molar-refractivity contribution in [3.8, 4) is 0 Å². The standard InChI is InChI=1S/C82H160O17P2/c1-7-9-11-13-15-17-19-21-23-25-27-29-35-39-43-47-55-60-66-81(86)98-77(70-92-79(84)64-58-52-45-41-37-33-31-30-32-36-40-44-50-56-62-74(3)4)72-96-100(88,89)94-68-76(83)69-95-101(90,91)97-73-78(71-93-80(85)65-59-53-49-48-51-57-63-75(5)6)99-82(87)67-61-54-46-42-38-34-28-26-24-22-20-18-16-14-12-10-8-2/h74-78,83H,7-73H2,1-6H3,(H,88,89)(H,90,91)/t76-,77-,78-/m1/s1. The summed E-state index contributed by atoms with van der Waals surface area (Å²) >= 11 is 0. The average molecular weight is 1480 g/mol. The first-order valence-corrected chi connectivity index (χ1v) is 45.5. The summed E-state index contributed by atoms with van der Waals surface area (Å²) in [5.74, 6) is -0.630. The van der Waals surface area contributed by atoms with E-state index in [1.165, 1.54) is 244 Å². The van der Waals surface area contributed by atoms with Gasteiger partial charge in [-0.3, -0.25) is 37.3 Å². The Labute approximate surface area is 619 Å². The van der Waals surface area contributed by atoms with Crippen LogP contribution in [-0.4, -0.2) is 96.7 Å². The van der Waals surface area contributed by atoms with Crippen LogP contribution >= 0.6 is 15.6 Å². The Morgan fingerprint density at radius 1 is 0.267 bits per heavy atom. The first-order valence-electron chi connectivity index (χ1n) is 42.5. The molecule has 0 saturated carbocycles. The maximum absolute atomic E-state index is 13.1. The summed E-state index contributed by atoms with van der Waals surface area (Å²) in [6, 6.07) is 0. The van der Waals surface area contributed by atoms with Crippen LogP contribution in [0.1, 0.15) is 433 Å². The molecule has 0 aromatic heterocycles. The van der Waals surface area contributed by atoms with Crippen molar-refractivity contribution in [1.29, 1.82) is 0 Å². The van der Waals surface area contributed by atoms with Gasteiger partial charge in [0, 0.05) is 25.7 Å². The summed E-state index contributed by atoms with van der Waals surface area (Å²) < 4.78 is 68.7. The van der Waals surface area contributed by atoms with Gasteiger partial charge in [-0.2, -0.15) is 0 Å². The highest BCUT2D eigenvalue weighted by molar-refractivity contribution is 7.47. The van der Waals surface area contributed by atoms with Crippen LogP contribution in [0.2, 0.25) is 0 Å². The fourth-order valence-corrected chi connectivity index (χ4v) is 14.3. The van der Waals surface area contributed by atoms with Gasteiger partial charge in [0.25, 0.3) is 0 Å². The van der Waals surface area contributed by atoms with Crippen molar-refractivity contribution in [1.82, 2.24) is 0 Å². The zero-order chi connectivity index (χ0) is 74.2. The van der Waals surface area contributed by atoms with Crippen LogP contribution in [0.4, 0.5) is 0 Å². The summed E-state index contributed by atoms with van der Waals surface area (Å²) in [6.45, 7) is 9.59. The van der Waals surface area contributed by atoms with Crippen LogP contribution in [0, 0.1) is 11.8 Å². The first-order chi connectivity index (χ1) is 48.9. The molecule has 0 aromatic carbocycles. The molecule has 0 amide bonds. The van der Waals surface area contributed by atoms with Gasteiger partial charge in [-0.1, -0.05) is 382 Å². The number of esters is 4. The Morgan fingerprint density at radius 3 is 0.673 bits per heavy atom. The van der Waals surface area contributed by atoms with Crippen LogP contribution in [-0.2, 0) is 65.4 Å². The van der Waals surface area contributed by atoms with Crippen LogP contribution in [0.15, 0.2) is 0 Å². The lowest BCUT2D eigenvalue weighted by atomic mass is 10.0. The molecule has 0 saturated heterocycles. The Morgan fingerprint density at radius 2 is 0.455 bits per heavy atom. The summed E-state index contributed by atoms with van der Waals surface area (Å²) in [6.07, 6.45) is 64.0. The highest BCUT2D eigenvalue weighted by atomic mass is 31.2. The van der Waals surface area contributed by atoms with Gasteiger partial charge >= 0.3 is 39.5 Å². The van der Waals surface area contributed by atoms with Crippen molar-refractivity contribution in [2.75, 3.05) is 39.6 Å². The number of unbranched alkanes of at least 4 members (excludes halogenated alkanes) is 51. The Hall–Kier alpha value is -1.94. The lowest BCUT2D eigenvalue weighted by Crippen LogP contribution is -2.30. The van der Waals surface area contributed by atoms with Gasteiger partial charge in [-0.05, 0) is 37.5 Å². The van der Waals surface area contributed by atoms with Crippen LogP contribution < -0.4 is 0 Å². The zero-order valence-electron chi connectivity index (χ0n) is 66.2. The normalized spacial score (nSPS) is 13.9. The van der Waals surface area contributed by atoms with Crippen LogP contribution in [0.3, 0.4) is 0 Å². The molecule has 0 aliphatic heterocycles. The topological polar surface area (TPSA) is 237 Å². The van der Waals surface area contributed by atoms with Crippen LogP contribution in [0.5, 0.6) is 0 Å². The molecule has 17 nitrogen and oxygen atoms in total. The second kappa shape index (κ2) is 73.6. The monoisotopic (exact) mass is 1480 g/mol. The van der Waals surface area contributed by atoms with Gasteiger partial charge in [0.15, 0.2) is 12.2 Å². The molecule has 5 atom stereocenters. The van der Waals surface area contributed by atoms with Gasteiger partial charge in [-0.25, -0.2) is 9.13 Å². The van der Waals surface area contributed by atoms with Crippen molar-refractivity contribution in [3.05, 3.63) is 0 Å². The zero-order valence-corrected chi connectivity index (χ0v) is 68.0. The molecule has 0 aromatic rings. The van der Waals surface area contributed by atoms with Gasteiger partial charge in [-0.15, -0.1) is 0 Å². The molecule has 0 heterocycles. The van der Waals surface area contributed by atoms with E-state index in [9.17, 15) is 43.2 Å². The molecule has 19 heteroatoms. The lowest BCUT2D eigenvalue weighted by molar-refractivity contribution is -0.161. The van der Waals surface area contributed by atoms with Crippen molar-refractivity contribution in [3.63, 3.8) is 0 Å². The van der Waals surface area contributed by atoms with E-state index in [-0.39, 0.29) is 25.7 Å². The third kappa shape index (κ3) is 76.1. The summed E-state index contributed by atoms with van der Waals surface area (Å²) in [7, 11) is -9.92. The molecule has 101 heavy (non-hydrogen) atoms. The van der Waals surface area contributed by atoms with Gasteiger partial charge < -0.3 is 33.8 Å². The molecule has 600 valence electrons. The Balaban J connectivity index is 5.22. The molecule has 0 aliphatic rings. The highest BCUT2D eigenvalue weighted by Gasteiger charge is 2.30. The van der Waals surface area contributed by atoms with Crippen molar-refractivity contribution in [2.24, 2.45) is 11.8 Å². The van der Waals surface area contributed by atoms with E-state index in [4.69, 9.17) is 37.0 Å². The largest absolute Gasteiger partial charge is 0.472 e. The fourth-order valence-electron chi connectivity index (χ4n) is 12.7. The minimum absolute atomic E-state index is 0.108. The third-order valence-corrected chi connectivity index (χ3v) is 21.1. The number of hydrogen-bond donors (Lipinski definition) is 3. The number of carbonyl (C=O) groups excluding carboxylic acids is 4. The molecule has 3 N–H and O–H groups in total. The number of rotatable bonds is 81. The third-order valence-electron chi connectivity index (χ3n) is 19.2. The van der Waals surface area contributed by atoms with E-state index < -0.39 is 97.5 Å². The van der Waals surface area contributed by atoms with Gasteiger partial charge in [0.05, 0.1) is 26.4 Å². The number of hydrogen-bond acceptors (Lipinski definition) is 15. The molecule has 0 radical (unpaired) electrons. The smallest absolute Gasteiger partial charge is 0.462 e. The predicted molar refractivity (Wildman–Crippen MR) is 414 cm³/mol. The summed E-state index contributed by atoms with van der Waals surface area (Å²) in [5, 5.41) is 10.6. The number of phosphoric ester groups is 2. The number of phosphoric acid groups is 2. The predicted octanol–water partition coefficient (Wildman–Crippen LogP) is 24.7. The molecule has 0 bridgehead atoms. The maximum atomic E-state index is 13.1. The van der Waals surface area contributed by atoms with Gasteiger partial charge in [0.1, 0.15) is 19.3 Å². The number of carbonyl (C=O) groups is 4. The molecule has 0 aliphatic carbocycles. The maximum Gasteiger partial charge on any atom is 0.472 e. The first kappa shape index (κ1) is 99.1.